The van der Waals surface area contributed by atoms with E-state index in [4.69, 9.17) is 0 Å². The number of hydrogen-bond donors (Lipinski definition) is 1. The minimum Gasteiger partial charge on any atom is -0.339 e. The van der Waals surface area contributed by atoms with E-state index in [1.165, 1.54) is 11.8 Å². The Kier molecular flexibility index (Phi) is 7.75. The number of amides is 2. The van der Waals surface area contributed by atoms with Gasteiger partial charge < -0.3 is 10.2 Å². The monoisotopic (exact) mass is 472 g/mol. The van der Waals surface area contributed by atoms with Crippen LogP contribution in [0, 0.1) is 19.8 Å². The lowest BCUT2D eigenvalue weighted by atomic mass is 9.95. The van der Waals surface area contributed by atoms with Gasteiger partial charge in [-0.2, -0.15) is 0 Å². The van der Waals surface area contributed by atoms with Gasteiger partial charge in [0.1, 0.15) is 0 Å². The maximum Gasteiger partial charge on any atom is 0.246 e. The van der Waals surface area contributed by atoms with Crippen LogP contribution in [0.3, 0.4) is 0 Å². The highest BCUT2D eigenvalue weighted by molar-refractivity contribution is 7.99. The fourth-order valence-corrected chi connectivity index (χ4v) is 4.76. The zero-order valence-corrected chi connectivity index (χ0v) is 20.2. The Morgan fingerprint density at radius 2 is 1.62 bits per heavy atom. The Hall–Kier alpha value is -3.45. The van der Waals surface area contributed by atoms with Crippen molar-refractivity contribution in [2.75, 3.05) is 18.4 Å². The largest absolute Gasteiger partial charge is 0.339 e. The average Bonchev–Trinajstić information content (AvgIpc) is 2.84. The third-order valence-electron chi connectivity index (χ3n) is 5.69. The topological polar surface area (TPSA) is 75.2 Å². The van der Waals surface area contributed by atoms with Gasteiger partial charge in [-0.3, -0.25) is 9.59 Å². The number of nitrogens with zero attached hydrogens (tertiary/aromatic N) is 3. The first kappa shape index (κ1) is 23.7. The summed E-state index contributed by atoms with van der Waals surface area (Å²) in [5.74, 6) is -0.103. The van der Waals surface area contributed by atoms with Gasteiger partial charge in [0.05, 0.1) is 0 Å². The fraction of sp³-hybridized carbons (Fsp3) is 0.259. The number of carbonyl (C=O) groups excluding carboxylic acids is 2. The van der Waals surface area contributed by atoms with Gasteiger partial charge in [0.15, 0.2) is 5.16 Å². The van der Waals surface area contributed by atoms with E-state index >= 15 is 0 Å². The second-order valence-corrected chi connectivity index (χ2v) is 9.43. The summed E-state index contributed by atoms with van der Waals surface area (Å²) >= 11 is 1.50. The van der Waals surface area contributed by atoms with Crippen LogP contribution in [0.15, 0.2) is 76.8 Å². The molecule has 0 spiro atoms. The summed E-state index contributed by atoms with van der Waals surface area (Å²) in [6.07, 6.45) is 4.76. The van der Waals surface area contributed by atoms with Crippen LogP contribution in [0.2, 0.25) is 0 Å². The molecule has 1 aliphatic rings. The molecule has 2 amide bonds. The standard InChI is InChI=1S/C27H28N4O2S/c1-19-18-20(2)29-27(28-19)34-24-11-9-23(10-12-24)30-26(33)22-14-16-31(17-15-22)25(32)13-8-21-6-4-3-5-7-21/h3-13,18,22H,14-17H2,1-2H3,(H,30,33)/b13-8+. The summed E-state index contributed by atoms with van der Waals surface area (Å²) in [6, 6.07) is 19.4. The zero-order valence-electron chi connectivity index (χ0n) is 19.4. The SMILES string of the molecule is Cc1cc(C)nc(Sc2ccc(NC(=O)C3CCN(C(=O)/C=C/c4ccccc4)CC3)cc2)n1. The van der Waals surface area contributed by atoms with E-state index in [-0.39, 0.29) is 17.7 Å². The second-order valence-electron chi connectivity index (χ2n) is 8.39. The van der Waals surface area contributed by atoms with Crippen LogP contribution in [0.1, 0.15) is 29.8 Å². The predicted octanol–water partition coefficient (Wildman–Crippen LogP) is 5.14. The molecule has 1 aromatic heterocycles. The maximum atomic E-state index is 12.8. The lowest BCUT2D eigenvalue weighted by molar-refractivity contribution is -0.130. The Morgan fingerprint density at radius 1 is 0.971 bits per heavy atom. The zero-order chi connectivity index (χ0) is 23.9. The molecule has 34 heavy (non-hydrogen) atoms. The molecule has 1 fully saturated rings. The summed E-state index contributed by atoms with van der Waals surface area (Å²) in [6.45, 7) is 5.08. The Morgan fingerprint density at radius 3 is 2.26 bits per heavy atom. The summed E-state index contributed by atoms with van der Waals surface area (Å²) in [4.78, 5) is 37.0. The number of nitrogens with one attached hydrogen (secondary N) is 1. The molecular formula is C27H28N4O2S. The summed E-state index contributed by atoms with van der Waals surface area (Å²) < 4.78 is 0. The molecule has 3 aromatic rings. The molecule has 0 unspecified atom stereocenters. The quantitative estimate of drug-likeness (QED) is 0.397. The van der Waals surface area contributed by atoms with Gasteiger partial charge >= 0.3 is 0 Å². The highest BCUT2D eigenvalue weighted by Gasteiger charge is 2.26. The van der Waals surface area contributed by atoms with Crippen LogP contribution >= 0.6 is 11.8 Å². The van der Waals surface area contributed by atoms with Gasteiger partial charge in [0.25, 0.3) is 0 Å². The van der Waals surface area contributed by atoms with E-state index < -0.39 is 0 Å². The molecule has 0 bridgehead atoms. The van der Waals surface area contributed by atoms with Crippen LogP contribution in [-0.2, 0) is 9.59 Å². The van der Waals surface area contributed by atoms with Gasteiger partial charge in [0.2, 0.25) is 11.8 Å². The second kappa shape index (κ2) is 11.1. The molecule has 1 saturated heterocycles. The van der Waals surface area contributed by atoms with Gasteiger partial charge in [-0.25, -0.2) is 9.97 Å². The number of piperidine rings is 1. The van der Waals surface area contributed by atoms with E-state index in [0.717, 1.165) is 27.5 Å². The molecule has 0 saturated carbocycles. The van der Waals surface area contributed by atoms with Gasteiger partial charge in [-0.1, -0.05) is 30.3 Å². The number of aryl methyl sites for hydroxylation is 2. The van der Waals surface area contributed by atoms with E-state index in [1.54, 1.807) is 6.08 Å². The molecule has 7 heteroatoms. The third kappa shape index (κ3) is 6.54. The van der Waals surface area contributed by atoms with Crippen molar-refractivity contribution in [3.63, 3.8) is 0 Å². The normalized spacial score (nSPS) is 14.4. The van der Waals surface area contributed by atoms with Crippen LogP contribution < -0.4 is 5.32 Å². The van der Waals surface area contributed by atoms with Gasteiger partial charge in [0, 0.05) is 47.1 Å². The van der Waals surface area contributed by atoms with Crippen molar-refractivity contribution in [1.29, 1.82) is 0 Å². The van der Waals surface area contributed by atoms with E-state index in [9.17, 15) is 9.59 Å². The van der Waals surface area contributed by atoms with Crippen LogP contribution in [-0.4, -0.2) is 39.8 Å². The first-order valence-electron chi connectivity index (χ1n) is 11.4. The first-order valence-corrected chi connectivity index (χ1v) is 12.2. The maximum absolute atomic E-state index is 12.8. The van der Waals surface area contributed by atoms with Crippen LogP contribution in [0.5, 0.6) is 0 Å². The highest BCUT2D eigenvalue weighted by Crippen LogP contribution is 2.27. The van der Waals surface area contributed by atoms with Gasteiger partial charge in [-0.05, 0) is 80.4 Å². The van der Waals surface area contributed by atoms with Crippen molar-refractivity contribution in [3.05, 3.63) is 83.7 Å². The molecule has 1 aliphatic heterocycles. The third-order valence-corrected chi connectivity index (χ3v) is 6.56. The molecule has 6 nitrogen and oxygen atoms in total. The van der Waals surface area contributed by atoms with Crippen molar-refractivity contribution in [2.45, 2.75) is 36.7 Å². The predicted molar refractivity (Wildman–Crippen MR) is 135 cm³/mol. The van der Waals surface area contributed by atoms with Crippen molar-refractivity contribution >= 4 is 35.3 Å². The van der Waals surface area contributed by atoms with Crippen molar-refractivity contribution in [1.82, 2.24) is 14.9 Å². The number of likely N-dealkylation sites (tertiary alicyclic amines) is 1. The Balaban J connectivity index is 1.26. The van der Waals surface area contributed by atoms with E-state index in [1.807, 2.05) is 85.5 Å². The lowest BCUT2D eigenvalue weighted by Crippen LogP contribution is -2.40. The lowest BCUT2D eigenvalue weighted by Gasteiger charge is -2.30. The summed E-state index contributed by atoms with van der Waals surface area (Å²) in [5.41, 5.74) is 3.65. The molecule has 4 rings (SSSR count). The number of aromatic nitrogens is 2. The van der Waals surface area contributed by atoms with Crippen molar-refractivity contribution in [2.24, 2.45) is 5.92 Å². The number of anilines is 1. The number of rotatable bonds is 6. The molecular weight excluding hydrogens is 444 g/mol. The Labute approximate surface area is 204 Å². The molecule has 0 aliphatic carbocycles. The average molecular weight is 473 g/mol. The molecule has 2 heterocycles. The highest BCUT2D eigenvalue weighted by atomic mass is 32.2. The minimum atomic E-state index is -0.0973. The van der Waals surface area contributed by atoms with Crippen LogP contribution in [0.25, 0.3) is 6.08 Å². The van der Waals surface area contributed by atoms with Gasteiger partial charge in [-0.15, -0.1) is 0 Å². The number of carbonyl (C=O) groups is 2. The summed E-state index contributed by atoms with van der Waals surface area (Å²) in [7, 11) is 0. The molecule has 0 radical (unpaired) electrons. The number of hydrogen-bond acceptors (Lipinski definition) is 5. The van der Waals surface area contributed by atoms with E-state index in [2.05, 4.69) is 15.3 Å². The fourth-order valence-electron chi connectivity index (χ4n) is 3.89. The summed E-state index contributed by atoms with van der Waals surface area (Å²) in [5, 5.41) is 3.73. The van der Waals surface area contributed by atoms with Crippen LogP contribution in [0.4, 0.5) is 5.69 Å². The molecule has 174 valence electrons. The smallest absolute Gasteiger partial charge is 0.246 e. The van der Waals surface area contributed by atoms with Crippen molar-refractivity contribution in [3.8, 4) is 0 Å². The Bertz CT molecular complexity index is 1150. The van der Waals surface area contributed by atoms with E-state index in [0.29, 0.717) is 31.1 Å². The number of benzene rings is 2. The van der Waals surface area contributed by atoms with Crippen molar-refractivity contribution < 1.29 is 9.59 Å². The molecule has 1 N–H and O–H groups in total. The molecule has 2 aromatic carbocycles. The first-order chi connectivity index (χ1) is 16.5. The molecule has 0 atom stereocenters. The minimum absolute atomic E-state index is 0.00460.